The number of carbonyl (C=O) groups is 2. The van der Waals surface area contributed by atoms with Gasteiger partial charge in [0, 0.05) is 30.6 Å². The van der Waals surface area contributed by atoms with Gasteiger partial charge >= 0.3 is 0 Å². The van der Waals surface area contributed by atoms with Gasteiger partial charge in [0.25, 0.3) is 5.91 Å². The van der Waals surface area contributed by atoms with Crippen LogP contribution >= 0.6 is 0 Å². The van der Waals surface area contributed by atoms with Crippen LogP contribution in [-0.4, -0.2) is 45.5 Å². The standard InChI is InChI=1S/C17H20N4O3/c1-10(2)21-8-7-14(17(21)23)18-15(22)12-5-4-6-13(9-12)16-20-19-11(3)24-16/h4-6,9-10,14H,7-8H2,1-3H3,(H,18,22)/t14-/m0/s1. The van der Waals surface area contributed by atoms with E-state index in [-0.39, 0.29) is 17.9 Å². The van der Waals surface area contributed by atoms with E-state index in [1.165, 1.54) is 0 Å². The third-order valence-electron chi connectivity index (χ3n) is 4.07. The molecule has 0 saturated carbocycles. The summed E-state index contributed by atoms with van der Waals surface area (Å²) in [7, 11) is 0. The topological polar surface area (TPSA) is 88.3 Å². The zero-order chi connectivity index (χ0) is 17.3. The van der Waals surface area contributed by atoms with E-state index in [0.717, 1.165) is 0 Å². The molecular formula is C17H20N4O3. The lowest BCUT2D eigenvalue weighted by Crippen LogP contribution is -2.43. The number of carbonyl (C=O) groups excluding carboxylic acids is 2. The second-order valence-corrected chi connectivity index (χ2v) is 6.15. The Hall–Kier alpha value is -2.70. The minimum atomic E-state index is -0.464. The number of rotatable bonds is 4. The van der Waals surface area contributed by atoms with Gasteiger partial charge in [0.2, 0.25) is 17.7 Å². The quantitative estimate of drug-likeness (QED) is 0.924. The number of amides is 2. The molecule has 126 valence electrons. The average Bonchev–Trinajstić information content (AvgIpc) is 3.14. The summed E-state index contributed by atoms with van der Waals surface area (Å²) in [6.45, 7) is 6.32. The Kier molecular flexibility index (Phi) is 4.33. The van der Waals surface area contributed by atoms with Crippen molar-refractivity contribution in [2.45, 2.75) is 39.3 Å². The smallest absolute Gasteiger partial charge is 0.251 e. The molecular weight excluding hydrogens is 308 g/mol. The summed E-state index contributed by atoms with van der Waals surface area (Å²) in [6, 6.07) is 6.60. The Morgan fingerprint density at radius 2 is 2.17 bits per heavy atom. The van der Waals surface area contributed by atoms with E-state index >= 15 is 0 Å². The molecule has 1 atom stereocenters. The summed E-state index contributed by atoms with van der Waals surface area (Å²) in [5, 5.41) is 10.6. The van der Waals surface area contributed by atoms with E-state index in [2.05, 4.69) is 15.5 Å². The summed E-state index contributed by atoms with van der Waals surface area (Å²) < 4.78 is 5.38. The molecule has 1 aliphatic rings. The van der Waals surface area contributed by atoms with Crippen LogP contribution < -0.4 is 5.32 Å². The van der Waals surface area contributed by atoms with Crippen LogP contribution in [0, 0.1) is 6.92 Å². The Morgan fingerprint density at radius 1 is 1.38 bits per heavy atom. The van der Waals surface area contributed by atoms with Crippen molar-refractivity contribution in [3.63, 3.8) is 0 Å². The third kappa shape index (κ3) is 3.15. The van der Waals surface area contributed by atoms with Crippen molar-refractivity contribution in [3.05, 3.63) is 35.7 Å². The Bertz CT molecular complexity index is 769. The lowest BCUT2D eigenvalue weighted by Gasteiger charge is -2.21. The Morgan fingerprint density at radius 3 is 2.79 bits per heavy atom. The minimum absolute atomic E-state index is 0.0259. The first-order valence-corrected chi connectivity index (χ1v) is 7.97. The molecule has 1 fully saturated rings. The number of benzene rings is 1. The maximum absolute atomic E-state index is 12.5. The van der Waals surface area contributed by atoms with Crippen molar-refractivity contribution in [2.75, 3.05) is 6.54 Å². The lowest BCUT2D eigenvalue weighted by atomic mass is 10.1. The number of nitrogens with one attached hydrogen (secondary N) is 1. The molecule has 0 spiro atoms. The van der Waals surface area contributed by atoms with Gasteiger partial charge in [-0.1, -0.05) is 6.07 Å². The molecule has 2 amide bonds. The van der Waals surface area contributed by atoms with E-state index in [9.17, 15) is 9.59 Å². The molecule has 2 heterocycles. The van der Waals surface area contributed by atoms with Crippen LogP contribution in [0.1, 0.15) is 36.5 Å². The van der Waals surface area contributed by atoms with Gasteiger partial charge in [-0.3, -0.25) is 9.59 Å². The molecule has 24 heavy (non-hydrogen) atoms. The number of aromatic nitrogens is 2. The van der Waals surface area contributed by atoms with Gasteiger partial charge in [-0.25, -0.2) is 0 Å². The van der Waals surface area contributed by atoms with Crippen LogP contribution in [0.2, 0.25) is 0 Å². The van der Waals surface area contributed by atoms with Crippen LogP contribution in [0.25, 0.3) is 11.5 Å². The normalized spacial score (nSPS) is 17.6. The van der Waals surface area contributed by atoms with Crippen molar-refractivity contribution in [3.8, 4) is 11.5 Å². The molecule has 1 aromatic carbocycles. The molecule has 7 heteroatoms. The lowest BCUT2D eigenvalue weighted by molar-refractivity contribution is -0.130. The largest absolute Gasteiger partial charge is 0.421 e. The first-order chi connectivity index (χ1) is 11.5. The van der Waals surface area contributed by atoms with E-state index < -0.39 is 6.04 Å². The summed E-state index contributed by atoms with van der Waals surface area (Å²) in [4.78, 5) is 26.5. The molecule has 1 aliphatic heterocycles. The molecule has 0 radical (unpaired) electrons. The number of likely N-dealkylation sites (tertiary alicyclic amines) is 1. The fraction of sp³-hybridized carbons (Fsp3) is 0.412. The van der Waals surface area contributed by atoms with Gasteiger partial charge in [0.05, 0.1) is 0 Å². The summed E-state index contributed by atoms with van der Waals surface area (Å²) >= 11 is 0. The van der Waals surface area contributed by atoms with Gasteiger partial charge < -0.3 is 14.6 Å². The predicted octanol–water partition coefficient (Wildman–Crippen LogP) is 1.78. The van der Waals surface area contributed by atoms with E-state index in [0.29, 0.717) is 35.9 Å². The summed E-state index contributed by atoms with van der Waals surface area (Å²) in [5.74, 6) is 0.523. The van der Waals surface area contributed by atoms with Crippen molar-refractivity contribution in [1.29, 1.82) is 0 Å². The van der Waals surface area contributed by atoms with Crippen LogP contribution in [0.15, 0.2) is 28.7 Å². The fourth-order valence-electron chi connectivity index (χ4n) is 2.80. The first-order valence-electron chi connectivity index (χ1n) is 7.97. The zero-order valence-electron chi connectivity index (χ0n) is 13.9. The molecule has 2 aromatic rings. The zero-order valence-corrected chi connectivity index (χ0v) is 13.9. The van der Waals surface area contributed by atoms with Crippen LogP contribution in [-0.2, 0) is 4.79 Å². The van der Waals surface area contributed by atoms with Gasteiger partial charge in [0.15, 0.2) is 0 Å². The molecule has 0 aliphatic carbocycles. The van der Waals surface area contributed by atoms with Gasteiger partial charge in [0.1, 0.15) is 6.04 Å². The maximum atomic E-state index is 12.5. The Balaban J connectivity index is 1.73. The molecule has 0 unspecified atom stereocenters. The van der Waals surface area contributed by atoms with Crippen molar-refractivity contribution in [2.24, 2.45) is 0 Å². The highest BCUT2D eigenvalue weighted by Crippen LogP contribution is 2.20. The highest BCUT2D eigenvalue weighted by atomic mass is 16.4. The van der Waals surface area contributed by atoms with Gasteiger partial charge in [-0.15, -0.1) is 10.2 Å². The maximum Gasteiger partial charge on any atom is 0.251 e. The van der Waals surface area contributed by atoms with Gasteiger partial charge in [-0.2, -0.15) is 0 Å². The van der Waals surface area contributed by atoms with Crippen molar-refractivity contribution < 1.29 is 14.0 Å². The molecule has 0 bridgehead atoms. The number of hydrogen-bond donors (Lipinski definition) is 1. The second-order valence-electron chi connectivity index (χ2n) is 6.15. The Labute approximate surface area is 140 Å². The van der Waals surface area contributed by atoms with Crippen LogP contribution in [0.5, 0.6) is 0 Å². The molecule has 1 saturated heterocycles. The van der Waals surface area contributed by atoms with Crippen LogP contribution in [0.4, 0.5) is 0 Å². The minimum Gasteiger partial charge on any atom is -0.421 e. The predicted molar refractivity (Wildman–Crippen MR) is 87.2 cm³/mol. The monoisotopic (exact) mass is 328 g/mol. The van der Waals surface area contributed by atoms with Crippen molar-refractivity contribution >= 4 is 11.8 Å². The van der Waals surface area contributed by atoms with Crippen molar-refractivity contribution in [1.82, 2.24) is 20.4 Å². The average molecular weight is 328 g/mol. The SMILES string of the molecule is Cc1nnc(-c2cccc(C(=O)N[C@H]3CCN(C(C)C)C3=O)c2)o1. The number of nitrogens with zero attached hydrogens (tertiary/aromatic N) is 3. The molecule has 1 aromatic heterocycles. The number of hydrogen-bond acceptors (Lipinski definition) is 5. The molecule has 3 rings (SSSR count). The van der Waals surface area contributed by atoms with Gasteiger partial charge in [-0.05, 0) is 38.5 Å². The summed E-state index contributed by atoms with van der Waals surface area (Å²) in [6.07, 6.45) is 0.630. The first kappa shape index (κ1) is 16.2. The fourth-order valence-corrected chi connectivity index (χ4v) is 2.80. The van der Waals surface area contributed by atoms with E-state index in [1.54, 1.807) is 36.1 Å². The number of aryl methyl sites for hydroxylation is 1. The highest BCUT2D eigenvalue weighted by Gasteiger charge is 2.34. The third-order valence-corrected chi connectivity index (χ3v) is 4.07. The highest BCUT2D eigenvalue weighted by molar-refractivity contribution is 5.98. The molecule has 7 nitrogen and oxygen atoms in total. The van der Waals surface area contributed by atoms with E-state index in [1.807, 2.05) is 13.8 Å². The second kappa shape index (κ2) is 6.43. The van der Waals surface area contributed by atoms with E-state index in [4.69, 9.17) is 4.42 Å². The summed E-state index contributed by atoms with van der Waals surface area (Å²) in [5.41, 5.74) is 1.13. The molecule has 1 N–H and O–H groups in total. The van der Waals surface area contributed by atoms with Crippen LogP contribution in [0.3, 0.4) is 0 Å².